The van der Waals surface area contributed by atoms with Crippen LogP contribution in [0, 0.1) is 27.7 Å². The van der Waals surface area contributed by atoms with Gasteiger partial charge in [0.25, 0.3) is 0 Å². The molecular formula is C19H22. The molecule has 0 saturated heterocycles. The van der Waals surface area contributed by atoms with Crippen LogP contribution in [0.5, 0.6) is 0 Å². The van der Waals surface area contributed by atoms with E-state index in [1.54, 1.807) is 0 Å². The second-order valence-corrected chi connectivity index (χ2v) is 5.39. The molecule has 0 radical (unpaired) electrons. The first-order chi connectivity index (χ1) is 9.06. The second-order valence-electron chi connectivity index (χ2n) is 5.39. The second kappa shape index (κ2) is 5.88. The lowest BCUT2D eigenvalue weighted by Gasteiger charge is -2.09. The predicted octanol–water partition coefficient (Wildman–Crippen LogP) is 5.18. The molecule has 0 nitrogen and oxygen atoms in total. The molecular weight excluding hydrogens is 228 g/mol. The van der Waals surface area contributed by atoms with Crippen molar-refractivity contribution in [2.75, 3.05) is 0 Å². The molecule has 98 valence electrons. The maximum Gasteiger partial charge on any atom is -0.00889 e. The number of benzene rings is 2. The standard InChI is InChI=1S/C19H22/c1-14-8-10-18(11-9-14)6-5-7-19-16(3)12-15(2)13-17(19)4/h5-6,8-13H,7H2,1-4H3/b6-5+. The van der Waals surface area contributed by atoms with Gasteiger partial charge >= 0.3 is 0 Å². The van der Waals surface area contributed by atoms with E-state index in [0.29, 0.717) is 0 Å². The molecule has 0 heteroatoms. The monoisotopic (exact) mass is 250 g/mol. The average Bonchev–Trinajstić information content (AvgIpc) is 2.34. The van der Waals surface area contributed by atoms with E-state index in [-0.39, 0.29) is 0 Å². The SMILES string of the molecule is Cc1ccc(/C=C/Cc2c(C)cc(C)cc2C)cc1. The number of aryl methyl sites for hydroxylation is 4. The first kappa shape index (κ1) is 13.6. The van der Waals surface area contributed by atoms with Crippen molar-refractivity contribution < 1.29 is 0 Å². The molecule has 2 aromatic carbocycles. The van der Waals surface area contributed by atoms with Gasteiger partial charge < -0.3 is 0 Å². The summed E-state index contributed by atoms with van der Waals surface area (Å²) in [4.78, 5) is 0. The zero-order chi connectivity index (χ0) is 13.8. The van der Waals surface area contributed by atoms with Crippen LogP contribution in [0.1, 0.15) is 33.4 Å². The van der Waals surface area contributed by atoms with Crippen LogP contribution in [0.25, 0.3) is 6.08 Å². The van der Waals surface area contributed by atoms with Crippen molar-refractivity contribution in [3.8, 4) is 0 Å². The Morgan fingerprint density at radius 3 is 1.95 bits per heavy atom. The fourth-order valence-corrected chi connectivity index (χ4v) is 2.52. The molecule has 0 bridgehead atoms. The van der Waals surface area contributed by atoms with Crippen LogP contribution < -0.4 is 0 Å². The first-order valence-electron chi connectivity index (χ1n) is 6.86. The first-order valence-corrected chi connectivity index (χ1v) is 6.86. The van der Waals surface area contributed by atoms with Gasteiger partial charge in [-0.05, 0) is 56.4 Å². The molecule has 0 amide bonds. The molecule has 2 rings (SSSR count). The van der Waals surface area contributed by atoms with Crippen molar-refractivity contribution >= 4 is 6.08 Å². The normalized spacial score (nSPS) is 11.2. The fraction of sp³-hybridized carbons (Fsp3) is 0.263. The van der Waals surface area contributed by atoms with E-state index in [9.17, 15) is 0 Å². The third-order valence-electron chi connectivity index (χ3n) is 3.55. The Labute approximate surface area is 116 Å². The Hall–Kier alpha value is -1.82. The molecule has 0 aliphatic heterocycles. The quantitative estimate of drug-likeness (QED) is 0.704. The van der Waals surface area contributed by atoms with Gasteiger partial charge in [0.05, 0.1) is 0 Å². The highest BCUT2D eigenvalue weighted by atomic mass is 14.1. The van der Waals surface area contributed by atoms with Crippen molar-refractivity contribution in [1.29, 1.82) is 0 Å². The molecule has 0 heterocycles. The van der Waals surface area contributed by atoms with Gasteiger partial charge in [0, 0.05) is 0 Å². The highest BCUT2D eigenvalue weighted by Gasteiger charge is 2.01. The van der Waals surface area contributed by atoms with E-state index in [4.69, 9.17) is 0 Å². The van der Waals surface area contributed by atoms with Crippen LogP contribution in [0.3, 0.4) is 0 Å². The highest BCUT2D eigenvalue weighted by molar-refractivity contribution is 5.51. The number of hydrogen-bond acceptors (Lipinski definition) is 0. The third-order valence-corrected chi connectivity index (χ3v) is 3.55. The molecule has 0 unspecified atom stereocenters. The number of hydrogen-bond donors (Lipinski definition) is 0. The summed E-state index contributed by atoms with van der Waals surface area (Å²) in [5, 5.41) is 0. The summed E-state index contributed by atoms with van der Waals surface area (Å²) < 4.78 is 0. The fourth-order valence-electron chi connectivity index (χ4n) is 2.52. The van der Waals surface area contributed by atoms with E-state index >= 15 is 0 Å². The lowest BCUT2D eigenvalue weighted by atomic mass is 9.97. The van der Waals surface area contributed by atoms with Crippen molar-refractivity contribution in [1.82, 2.24) is 0 Å². The van der Waals surface area contributed by atoms with Gasteiger partial charge in [0.2, 0.25) is 0 Å². The molecule has 0 saturated carbocycles. The van der Waals surface area contributed by atoms with E-state index in [2.05, 4.69) is 76.2 Å². The Morgan fingerprint density at radius 2 is 1.37 bits per heavy atom. The Kier molecular flexibility index (Phi) is 4.21. The Morgan fingerprint density at radius 1 is 0.789 bits per heavy atom. The number of allylic oxidation sites excluding steroid dienone is 1. The van der Waals surface area contributed by atoms with Crippen LogP contribution >= 0.6 is 0 Å². The minimum absolute atomic E-state index is 1.01. The Balaban J connectivity index is 2.12. The summed E-state index contributed by atoms with van der Waals surface area (Å²) in [6.45, 7) is 8.68. The summed E-state index contributed by atoms with van der Waals surface area (Å²) in [6.07, 6.45) is 5.47. The molecule has 0 spiro atoms. The number of rotatable bonds is 3. The van der Waals surface area contributed by atoms with Crippen LogP contribution in [0.2, 0.25) is 0 Å². The van der Waals surface area contributed by atoms with Crippen molar-refractivity contribution in [2.24, 2.45) is 0 Å². The van der Waals surface area contributed by atoms with Crippen LogP contribution in [0.15, 0.2) is 42.5 Å². The molecule has 0 N–H and O–H groups in total. The van der Waals surface area contributed by atoms with Crippen LogP contribution in [-0.4, -0.2) is 0 Å². The minimum Gasteiger partial charge on any atom is -0.0795 e. The summed E-state index contributed by atoms with van der Waals surface area (Å²) in [5.41, 5.74) is 8.17. The lowest BCUT2D eigenvalue weighted by Crippen LogP contribution is -1.93. The van der Waals surface area contributed by atoms with Gasteiger partial charge in [0.1, 0.15) is 0 Å². The molecule has 0 aromatic heterocycles. The molecule has 0 fully saturated rings. The molecule has 2 aromatic rings. The minimum atomic E-state index is 1.01. The maximum absolute atomic E-state index is 2.27. The van der Waals surface area contributed by atoms with E-state index in [1.165, 1.54) is 33.4 Å². The van der Waals surface area contributed by atoms with E-state index in [0.717, 1.165) is 6.42 Å². The van der Waals surface area contributed by atoms with Gasteiger partial charge in [-0.15, -0.1) is 0 Å². The molecule has 19 heavy (non-hydrogen) atoms. The van der Waals surface area contributed by atoms with Crippen LogP contribution in [0.4, 0.5) is 0 Å². The summed E-state index contributed by atoms with van der Waals surface area (Å²) in [6, 6.07) is 13.2. The van der Waals surface area contributed by atoms with Gasteiger partial charge in [-0.25, -0.2) is 0 Å². The molecule has 0 atom stereocenters. The zero-order valence-corrected chi connectivity index (χ0v) is 12.3. The summed E-state index contributed by atoms with van der Waals surface area (Å²) in [5.74, 6) is 0. The predicted molar refractivity (Wildman–Crippen MR) is 84.6 cm³/mol. The average molecular weight is 250 g/mol. The zero-order valence-electron chi connectivity index (χ0n) is 12.3. The van der Waals surface area contributed by atoms with Gasteiger partial charge in [-0.3, -0.25) is 0 Å². The highest BCUT2D eigenvalue weighted by Crippen LogP contribution is 2.17. The van der Waals surface area contributed by atoms with Crippen molar-refractivity contribution in [3.63, 3.8) is 0 Å². The van der Waals surface area contributed by atoms with Crippen molar-refractivity contribution in [2.45, 2.75) is 34.1 Å². The third kappa shape index (κ3) is 3.57. The summed E-state index contributed by atoms with van der Waals surface area (Å²) >= 11 is 0. The van der Waals surface area contributed by atoms with Gasteiger partial charge in [-0.1, -0.05) is 59.7 Å². The lowest BCUT2D eigenvalue weighted by molar-refractivity contribution is 1.15. The largest absolute Gasteiger partial charge is 0.0795 e. The topological polar surface area (TPSA) is 0 Å². The molecule has 0 aliphatic rings. The smallest absolute Gasteiger partial charge is 0.00889 e. The van der Waals surface area contributed by atoms with Crippen LogP contribution in [-0.2, 0) is 6.42 Å². The van der Waals surface area contributed by atoms with E-state index in [1.807, 2.05) is 0 Å². The Bertz CT molecular complexity index is 563. The summed E-state index contributed by atoms with van der Waals surface area (Å²) in [7, 11) is 0. The van der Waals surface area contributed by atoms with E-state index < -0.39 is 0 Å². The van der Waals surface area contributed by atoms with Gasteiger partial charge in [0.15, 0.2) is 0 Å². The maximum atomic E-state index is 2.27. The van der Waals surface area contributed by atoms with Crippen molar-refractivity contribution in [3.05, 3.63) is 75.9 Å². The molecule has 0 aliphatic carbocycles. The van der Waals surface area contributed by atoms with Gasteiger partial charge in [-0.2, -0.15) is 0 Å².